The lowest BCUT2D eigenvalue weighted by atomic mass is 9.95. The molecule has 0 radical (unpaired) electrons. The maximum Gasteiger partial charge on any atom is 0.300 e. The maximum atomic E-state index is 13.1. The van der Waals surface area contributed by atoms with Crippen molar-refractivity contribution in [3.63, 3.8) is 0 Å². The number of hydrogen-bond acceptors (Lipinski definition) is 6. The Bertz CT molecular complexity index is 1250. The van der Waals surface area contributed by atoms with E-state index in [9.17, 15) is 24.8 Å². The summed E-state index contributed by atoms with van der Waals surface area (Å²) in [5.41, 5.74) is 2.16. The van der Waals surface area contributed by atoms with E-state index in [0.717, 1.165) is 5.56 Å². The minimum atomic E-state index is -0.881. The van der Waals surface area contributed by atoms with Crippen molar-refractivity contribution in [2.45, 2.75) is 25.8 Å². The second-order valence-corrected chi connectivity index (χ2v) is 8.00. The molecule has 4 rings (SSSR count). The van der Waals surface area contributed by atoms with E-state index >= 15 is 0 Å². The van der Waals surface area contributed by atoms with Crippen LogP contribution in [0, 0.1) is 10.1 Å². The van der Waals surface area contributed by atoms with Gasteiger partial charge in [-0.15, -0.1) is 0 Å². The van der Waals surface area contributed by atoms with Crippen LogP contribution in [-0.2, 0) is 9.59 Å². The van der Waals surface area contributed by atoms with Crippen molar-refractivity contribution < 1.29 is 19.6 Å². The Labute approximate surface area is 190 Å². The molecule has 0 spiro atoms. The summed E-state index contributed by atoms with van der Waals surface area (Å²) in [5, 5.41) is 22.0. The van der Waals surface area contributed by atoms with Crippen LogP contribution in [0.1, 0.15) is 42.5 Å². The smallest absolute Gasteiger partial charge is 0.300 e. The van der Waals surface area contributed by atoms with E-state index in [-0.39, 0.29) is 16.8 Å². The standard InChI is InChI=1S/C25H21N3O5/c1-15(2)16-3-7-19(8-4-16)27-22(17-11-13-26-14-12-17)21(24(30)25(27)31)23(29)18-5-9-20(10-6-18)28(32)33/h3-15,22,29H,1-2H3/b23-21-. The minimum Gasteiger partial charge on any atom is -0.507 e. The van der Waals surface area contributed by atoms with Crippen molar-refractivity contribution in [1.82, 2.24) is 4.98 Å². The summed E-state index contributed by atoms with van der Waals surface area (Å²) in [4.78, 5) is 42.0. The molecule has 1 unspecified atom stereocenters. The predicted octanol–water partition coefficient (Wildman–Crippen LogP) is 4.74. The molecule has 8 heteroatoms. The highest BCUT2D eigenvalue weighted by molar-refractivity contribution is 6.51. The molecule has 0 aliphatic carbocycles. The number of benzene rings is 2. The number of carbonyl (C=O) groups excluding carboxylic acids is 2. The molecule has 1 amide bonds. The highest BCUT2D eigenvalue weighted by Gasteiger charge is 2.47. The quantitative estimate of drug-likeness (QED) is 0.200. The molecule has 1 fully saturated rings. The molecule has 8 nitrogen and oxygen atoms in total. The molecule has 2 aromatic carbocycles. The first kappa shape index (κ1) is 21.9. The Morgan fingerprint density at radius 1 is 1.00 bits per heavy atom. The fourth-order valence-electron chi connectivity index (χ4n) is 3.88. The number of aromatic nitrogens is 1. The Kier molecular flexibility index (Phi) is 5.74. The number of rotatable bonds is 5. The third-order valence-electron chi connectivity index (χ3n) is 5.66. The number of nitro groups is 1. The Morgan fingerprint density at radius 3 is 2.15 bits per heavy atom. The number of non-ortho nitro benzene ring substituents is 1. The first-order valence-electron chi connectivity index (χ1n) is 10.3. The minimum absolute atomic E-state index is 0.0898. The fourth-order valence-corrected chi connectivity index (χ4v) is 3.88. The normalized spacial score (nSPS) is 17.5. The van der Waals surface area contributed by atoms with E-state index in [2.05, 4.69) is 18.8 Å². The highest BCUT2D eigenvalue weighted by atomic mass is 16.6. The second kappa shape index (κ2) is 8.66. The van der Waals surface area contributed by atoms with Gasteiger partial charge in [-0.2, -0.15) is 0 Å². The van der Waals surface area contributed by atoms with Crippen LogP contribution in [0.25, 0.3) is 5.76 Å². The molecule has 1 N–H and O–H groups in total. The molecular weight excluding hydrogens is 422 g/mol. The molecule has 1 aliphatic heterocycles. The number of ketones is 1. The van der Waals surface area contributed by atoms with Gasteiger partial charge in [0.15, 0.2) is 0 Å². The van der Waals surface area contributed by atoms with Gasteiger partial charge in [0.05, 0.1) is 16.5 Å². The summed E-state index contributed by atoms with van der Waals surface area (Å²) in [6, 6.07) is 15.0. The van der Waals surface area contributed by atoms with Crippen LogP contribution in [0.2, 0.25) is 0 Å². The highest BCUT2D eigenvalue weighted by Crippen LogP contribution is 2.42. The Hall–Kier alpha value is -4.33. The number of Topliss-reactive ketones (excluding diaryl/α,β-unsaturated/α-hetero) is 1. The molecule has 1 aliphatic rings. The predicted molar refractivity (Wildman–Crippen MR) is 123 cm³/mol. The zero-order chi connectivity index (χ0) is 23.7. The third kappa shape index (κ3) is 3.98. The van der Waals surface area contributed by atoms with Gasteiger partial charge in [-0.25, -0.2) is 0 Å². The SMILES string of the molecule is CC(C)c1ccc(N2C(=O)C(=O)/C(=C(\O)c3ccc([N+](=O)[O-])cc3)C2c2ccncc2)cc1. The van der Waals surface area contributed by atoms with Crippen molar-refractivity contribution >= 4 is 28.8 Å². The van der Waals surface area contributed by atoms with E-state index < -0.39 is 28.4 Å². The number of nitro benzene ring substituents is 1. The lowest BCUT2D eigenvalue weighted by Crippen LogP contribution is -2.29. The largest absolute Gasteiger partial charge is 0.507 e. The van der Waals surface area contributed by atoms with E-state index in [1.165, 1.54) is 29.2 Å². The number of aliphatic hydroxyl groups is 1. The molecule has 1 aromatic heterocycles. The number of hydrogen-bond donors (Lipinski definition) is 1. The monoisotopic (exact) mass is 443 g/mol. The zero-order valence-electron chi connectivity index (χ0n) is 18.0. The Morgan fingerprint density at radius 2 is 1.61 bits per heavy atom. The van der Waals surface area contributed by atoms with Gasteiger partial charge in [-0.1, -0.05) is 26.0 Å². The van der Waals surface area contributed by atoms with E-state index in [4.69, 9.17) is 0 Å². The van der Waals surface area contributed by atoms with Crippen LogP contribution < -0.4 is 4.90 Å². The van der Waals surface area contributed by atoms with Crippen LogP contribution in [0.4, 0.5) is 11.4 Å². The van der Waals surface area contributed by atoms with Crippen LogP contribution in [0.3, 0.4) is 0 Å². The second-order valence-electron chi connectivity index (χ2n) is 8.00. The van der Waals surface area contributed by atoms with Gasteiger partial charge in [0.2, 0.25) is 0 Å². The van der Waals surface area contributed by atoms with Gasteiger partial charge >= 0.3 is 0 Å². The first-order valence-corrected chi connectivity index (χ1v) is 10.3. The van der Waals surface area contributed by atoms with Crippen molar-refractivity contribution in [2.75, 3.05) is 4.90 Å². The average molecular weight is 443 g/mol. The van der Waals surface area contributed by atoms with E-state index in [1.54, 1.807) is 36.7 Å². The van der Waals surface area contributed by atoms with Gasteiger partial charge in [-0.05, 0) is 53.4 Å². The molecule has 0 bridgehead atoms. The maximum absolute atomic E-state index is 13.1. The van der Waals surface area contributed by atoms with Gasteiger partial charge in [0, 0.05) is 35.8 Å². The van der Waals surface area contributed by atoms with Crippen LogP contribution in [0.15, 0.2) is 78.6 Å². The van der Waals surface area contributed by atoms with Crippen LogP contribution >= 0.6 is 0 Å². The topological polar surface area (TPSA) is 114 Å². The van der Waals surface area contributed by atoms with Gasteiger partial charge in [-0.3, -0.25) is 29.6 Å². The van der Waals surface area contributed by atoms with Gasteiger partial charge < -0.3 is 5.11 Å². The summed E-state index contributed by atoms with van der Waals surface area (Å²) >= 11 is 0. The fraction of sp³-hybridized carbons (Fsp3) is 0.160. The van der Waals surface area contributed by atoms with Gasteiger partial charge in [0.1, 0.15) is 5.76 Å². The summed E-state index contributed by atoms with van der Waals surface area (Å²) < 4.78 is 0. The summed E-state index contributed by atoms with van der Waals surface area (Å²) in [5.74, 6) is -1.70. The van der Waals surface area contributed by atoms with Crippen molar-refractivity contribution in [1.29, 1.82) is 0 Å². The molecule has 0 saturated carbocycles. The summed E-state index contributed by atoms with van der Waals surface area (Å²) in [6.45, 7) is 4.12. The lowest BCUT2D eigenvalue weighted by molar-refractivity contribution is -0.384. The lowest BCUT2D eigenvalue weighted by Gasteiger charge is -2.25. The molecular formula is C25H21N3O5. The number of anilines is 1. The number of pyridine rings is 1. The first-order chi connectivity index (χ1) is 15.8. The zero-order valence-corrected chi connectivity index (χ0v) is 18.0. The summed E-state index contributed by atoms with van der Waals surface area (Å²) in [7, 11) is 0. The molecule has 33 heavy (non-hydrogen) atoms. The van der Waals surface area contributed by atoms with E-state index in [1.807, 2.05) is 12.1 Å². The number of aliphatic hydroxyl groups excluding tert-OH is 1. The van der Waals surface area contributed by atoms with E-state index in [0.29, 0.717) is 17.2 Å². The summed E-state index contributed by atoms with van der Waals surface area (Å²) in [6.07, 6.45) is 3.09. The molecule has 3 aromatic rings. The van der Waals surface area contributed by atoms with Gasteiger partial charge in [0.25, 0.3) is 17.4 Å². The van der Waals surface area contributed by atoms with Crippen LogP contribution in [-0.4, -0.2) is 26.7 Å². The Balaban J connectivity index is 1.87. The number of nitrogens with zero attached hydrogens (tertiary/aromatic N) is 3. The molecule has 166 valence electrons. The average Bonchev–Trinajstić information content (AvgIpc) is 3.09. The number of amides is 1. The van der Waals surface area contributed by atoms with Crippen molar-refractivity contribution in [3.8, 4) is 0 Å². The van der Waals surface area contributed by atoms with Crippen LogP contribution in [0.5, 0.6) is 0 Å². The molecule has 1 atom stereocenters. The third-order valence-corrected chi connectivity index (χ3v) is 5.66. The van der Waals surface area contributed by atoms with Crippen molar-refractivity contribution in [3.05, 3.63) is 105 Å². The number of carbonyl (C=O) groups is 2. The molecule has 2 heterocycles. The molecule has 1 saturated heterocycles. The van der Waals surface area contributed by atoms with Crippen molar-refractivity contribution in [2.24, 2.45) is 0 Å².